The highest BCUT2D eigenvalue weighted by Crippen LogP contribution is 1.91. The summed E-state index contributed by atoms with van der Waals surface area (Å²) in [6, 6.07) is 0. The number of aliphatic imine (C=N–C) groups is 1. The molecule has 1 N–H and O–H groups in total. The van der Waals surface area contributed by atoms with Crippen LogP contribution in [-0.2, 0) is 0 Å². The molecule has 0 heterocycles. The second kappa shape index (κ2) is 13.5. The van der Waals surface area contributed by atoms with E-state index in [0.29, 0.717) is 0 Å². The van der Waals surface area contributed by atoms with Crippen molar-refractivity contribution < 1.29 is 0 Å². The molecule has 76 valence electrons. The Labute approximate surface area is 82.5 Å². The Morgan fingerprint density at radius 3 is 2.46 bits per heavy atom. The first kappa shape index (κ1) is 14.5. The summed E-state index contributed by atoms with van der Waals surface area (Å²) >= 11 is 0. The zero-order valence-corrected chi connectivity index (χ0v) is 9.30. The van der Waals surface area contributed by atoms with E-state index >= 15 is 0 Å². The van der Waals surface area contributed by atoms with Crippen LogP contribution in [-0.4, -0.2) is 13.3 Å². The average molecular weight is 182 g/mol. The summed E-state index contributed by atoms with van der Waals surface area (Å²) in [5, 5.41) is 3.24. The molecule has 0 atom stereocenters. The molecule has 2 nitrogen and oxygen atoms in total. The van der Waals surface area contributed by atoms with Gasteiger partial charge in [0.15, 0.2) is 0 Å². The van der Waals surface area contributed by atoms with E-state index in [4.69, 9.17) is 0 Å². The fourth-order valence-corrected chi connectivity index (χ4v) is 0.660. The minimum absolute atomic E-state index is 1.00. The van der Waals surface area contributed by atoms with E-state index in [-0.39, 0.29) is 0 Å². The lowest BCUT2D eigenvalue weighted by molar-refractivity contribution is 0.783. The molecule has 0 unspecified atom stereocenters. The lowest BCUT2D eigenvalue weighted by Crippen LogP contribution is -2.11. The van der Waals surface area contributed by atoms with Gasteiger partial charge in [0.2, 0.25) is 0 Å². The Kier molecular flexibility index (Phi) is 15.1. The molecule has 0 aromatic carbocycles. The Morgan fingerprint density at radius 2 is 2.08 bits per heavy atom. The van der Waals surface area contributed by atoms with Crippen LogP contribution >= 0.6 is 0 Å². The minimum Gasteiger partial charge on any atom is -0.385 e. The van der Waals surface area contributed by atoms with E-state index in [1.54, 1.807) is 6.20 Å². The van der Waals surface area contributed by atoms with Gasteiger partial charge in [0.05, 0.1) is 0 Å². The summed E-state index contributed by atoms with van der Waals surface area (Å²) in [7, 11) is 0. The number of allylic oxidation sites excluding steroid dienone is 2. The zero-order chi connectivity index (χ0) is 10.5. The molecule has 0 radical (unpaired) electrons. The number of rotatable bonds is 5. The first-order valence-corrected chi connectivity index (χ1v) is 4.87. The third kappa shape index (κ3) is 10.9. The summed E-state index contributed by atoms with van der Waals surface area (Å²) in [6.07, 6.45) is 6.73. The van der Waals surface area contributed by atoms with Crippen molar-refractivity contribution in [3.63, 3.8) is 0 Å². The van der Waals surface area contributed by atoms with E-state index < -0.39 is 0 Å². The number of hydrogen-bond acceptors (Lipinski definition) is 2. The van der Waals surface area contributed by atoms with Crippen LogP contribution in [0.5, 0.6) is 0 Å². The Balaban J connectivity index is 0. The summed E-state index contributed by atoms with van der Waals surface area (Å²) < 4.78 is 0. The van der Waals surface area contributed by atoms with Gasteiger partial charge in [-0.05, 0) is 26.1 Å². The van der Waals surface area contributed by atoms with Crippen LogP contribution in [0.2, 0.25) is 0 Å². The molecule has 0 bridgehead atoms. The Hall–Kier alpha value is -1.05. The van der Waals surface area contributed by atoms with Crippen LogP contribution in [0.4, 0.5) is 0 Å². The third-order valence-corrected chi connectivity index (χ3v) is 1.25. The van der Waals surface area contributed by atoms with Gasteiger partial charge in [-0.1, -0.05) is 26.8 Å². The minimum atomic E-state index is 1.00. The summed E-state index contributed by atoms with van der Waals surface area (Å²) in [6.45, 7) is 12.5. The third-order valence-electron chi connectivity index (χ3n) is 1.25. The first-order chi connectivity index (χ1) is 6.35. The largest absolute Gasteiger partial charge is 0.385 e. The van der Waals surface area contributed by atoms with Gasteiger partial charge < -0.3 is 5.32 Å². The van der Waals surface area contributed by atoms with Crippen molar-refractivity contribution in [3.8, 4) is 0 Å². The number of nitrogens with one attached hydrogen (secondary N) is 1. The van der Waals surface area contributed by atoms with Crippen molar-refractivity contribution in [1.29, 1.82) is 0 Å². The van der Waals surface area contributed by atoms with E-state index in [1.165, 1.54) is 0 Å². The monoisotopic (exact) mass is 182 g/mol. The predicted octanol–water partition coefficient (Wildman–Crippen LogP) is 3.13. The maximum absolute atomic E-state index is 3.62. The van der Waals surface area contributed by atoms with Crippen LogP contribution in [0.1, 0.15) is 34.1 Å². The predicted molar refractivity (Wildman–Crippen MR) is 62.1 cm³/mol. The van der Waals surface area contributed by atoms with Gasteiger partial charge in [-0.15, -0.1) is 0 Å². The van der Waals surface area contributed by atoms with Crippen molar-refractivity contribution in [3.05, 3.63) is 24.0 Å². The highest BCUT2D eigenvalue weighted by molar-refractivity contribution is 5.27. The van der Waals surface area contributed by atoms with Gasteiger partial charge >= 0.3 is 0 Å². The standard InChI is InChI=1S/C9H16N2.C2H6/c1-4-7-11-9(5-2)6-8-10-3;1-2/h5-6,8,11H,3-4,7H2,1-2H3;1-2H3/b8-6-,9-5+;. The van der Waals surface area contributed by atoms with Crippen LogP contribution in [0.25, 0.3) is 0 Å². The Bertz CT molecular complexity index is 157. The molecule has 0 saturated heterocycles. The summed E-state index contributed by atoms with van der Waals surface area (Å²) in [5.41, 5.74) is 1.10. The fraction of sp³-hybridized carbons (Fsp3) is 0.545. The molecule has 13 heavy (non-hydrogen) atoms. The Morgan fingerprint density at radius 1 is 1.46 bits per heavy atom. The fourth-order valence-electron chi connectivity index (χ4n) is 0.660. The normalized spacial score (nSPS) is 10.6. The first-order valence-electron chi connectivity index (χ1n) is 4.87. The van der Waals surface area contributed by atoms with Crippen LogP contribution in [0.15, 0.2) is 29.0 Å². The molecule has 0 amide bonds. The number of nitrogens with zero attached hydrogens (tertiary/aromatic N) is 1. The molecular weight excluding hydrogens is 160 g/mol. The SMILES string of the molecule is C=N/C=C\C(=C/C)NCCC.CC. The molecule has 0 aliphatic rings. The summed E-state index contributed by atoms with van der Waals surface area (Å²) in [5.74, 6) is 0. The average Bonchev–Trinajstić information content (AvgIpc) is 2.21. The second-order valence-corrected chi connectivity index (χ2v) is 2.17. The van der Waals surface area contributed by atoms with Crippen molar-refractivity contribution in [2.75, 3.05) is 6.54 Å². The molecule has 0 fully saturated rings. The van der Waals surface area contributed by atoms with Gasteiger partial charge in [0.25, 0.3) is 0 Å². The van der Waals surface area contributed by atoms with Gasteiger partial charge in [0.1, 0.15) is 0 Å². The number of hydrogen-bond donors (Lipinski definition) is 1. The zero-order valence-electron chi connectivity index (χ0n) is 9.30. The van der Waals surface area contributed by atoms with Crippen molar-refractivity contribution in [1.82, 2.24) is 5.32 Å². The molecule has 0 aromatic heterocycles. The molecule has 0 aliphatic carbocycles. The van der Waals surface area contributed by atoms with Gasteiger partial charge in [-0.3, -0.25) is 4.99 Å². The molecule has 0 spiro atoms. The molecule has 2 heteroatoms. The van der Waals surface area contributed by atoms with Crippen LogP contribution in [0, 0.1) is 0 Å². The highest BCUT2D eigenvalue weighted by Gasteiger charge is 1.85. The van der Waals surface area contributed by atoms with E-state index in [9.17, 15) is 0 Å². The summed E-state index contributed by atoms with van der Waals surface area (Å²) in [4.78, 5) is 3.62. The quantitative estimate of drug-likeness (QED) is 0.512. The van der Waals surface area contributed by atoms with Crippen molar-refractivity contribution in [2.24, 2.45) is 4.99 Å². The van der Waals surface area contributed by atoms with E-state index in [0.717, 1.165) is 18.7 Å². The molecule has 0 aliphatic heterocycles. The topological polar surface area (TPSA) is 24.4 Å². The molecule has 0 aromatic rings. The molecular formula is C11H22N2. The van der Waals surface area contributed by atoms with E-state index in [1.807, 2.05) is 32.9 Å². The second-order valence-electron chi connectivity index (χ2n) is 2.17. The smallest absolute Gasteiger partial charge is 0.0312 e. The van der Waals surface area contributed by atoms with Crippen LogP contribution in [0.3, 0.4) is 0 Å². The molecule has 0 saturated carbocycles. The van der Waals surface area contributed by atoms with E-state index in [2.05, 4.69) is 24.0 Å². The van der Waals surface area contributed by atoms with Gasteiger partial charge in [-0.2, -0.15) is 0 Å². The van der Waals surface area contributed by atoms with Crippen LogP contribution < -0.4 is 5.32 Å². The molecule has 0 rings (SSSR count). The maximum Gasteiger partial charge on any atom is 0.0312 e. The highest BCUT2D eigenvalue weighted by atomic mass is 14.9. The van der Waals surface area contributed by atoms with Crippen molar-refractivity contribution >= 4 is 6.72 Å². The van der Waals surface area contributed by atoms with Gasteiger partial charge in [-0.25, -0.2) is 0 Å². The lowest BCUT2D eigenvalue weighted by atomic mass is 10.3. The van der Waals surface area contributed by atoms with Gasteiger partial charge in [0, 0.05) is 18.4 Å². The maximum atomic E-state index is 3.62. The lowest BCUT2D eigenvalue weighted by Gasteiger charge is -2.02. The van der Waals surface area contributed by atoms with Crippen molar-refractivity contribution in [2.45, 2.75) is 34.1 Å².